The lowest BCUT2D eigenvalue weighted by Crippen LogP contribution is -2.57. The third-order valence-electron chi connectivity index (χ3n) is 4.68. The Hall–Kier alpha value is -0.810. The van der Waals surface area contributed by atoms with E-state index in [1.165, 1.54) is 0 Å². The second-order valence-corrected chi connectivity index (χ2v) is 6.47. The number of nitrogens with zero attached hydrogens (tertiary/aromatic N) is 1. The van der Waals surface area contributed by atoms with Crippen LogP contribution in [0.2, 0.25) is 0 Å². The van der Waals surface area contributed by atoms with Crippen LogP contribution in [0.25, 0.3) is 0 Å². The van der Waals surface area contributed by atoms with E-state index in [1.54, 1.807) is 0 Å². The molecule has 0 aliphatic carbocycles. The Morgan fingerprint density at radius 2 is 2.15 bits per heavy atom. The molecule has 5 nitrogen and oxygen atoms in total. The molecular formula is C15H29N3O2. The number of nitrogens with one attached hydrogen (secondary N) is 2. The van der Waals surface area contributed by atoms with Gasteiger partial charge in [-0.15, -0.1) is 0 Å². The first-order chi connectivity index (χ1) is 9.56. The molecule has 2 fully saturated rings. The summed E-state index contributed by atoms with van der Waals surface area (Å²) in [4.78, 5) is 14.2. The maximum atomic E-state index is 12.3. The summed E-state index contributed by atoms with van der Waals surface area (Å²) in [6, 6.07) is 0.550. The second kappa shape index (κ2) is 6.76. The van der Waals surface area contributed by atoms with Crippen molar-refractivity contribution >= 4 is 6.03 Å². The molecule has 2 heterocycles. The molecule has 2 amide bonds. The zero-order valence-electron chi connectivity index (χ0n) is 13.1. The molecule has 0 bridgehead atoms. The fraction of sp³-hybridized carbons (Fsp3) is 0.933. The van der Waals surface area contributed by atoms with Gasteiger partial charge in [-0.25, -0.2) is 4.79 Å². The first-order valence-electron chi connectivity index (χ1n) is 7.92. The number of rotatable bonds is 3. The maximum absolute atomic E-state index is 12.3. The summed E-state index contributed by atoms with van der Waals surface area (Å²) in [5.41, 5.74) is 0.323. The molecule has 0 aromatic carbocycles. The van der Waals surface area contributed by atoms with Gasteiger partial charge in [-0.05, 0) is 45.4 Å². The lowest BCUT2D eigenvalue weighted by atomic mass is 9.73. The van der Waals surface area contributed by atoms with Gasteiger partial charge in [-0.3, -0.25) is 0 Å². The largest absolute Gasteiger partial charge is 0.381 e. The molecule has 2 rings (SSSR count). The van der Waals surface area contributed by atoms with Crippen LogP contribution < -0.4 is 10.6 Å². The summed E-state index contributed by atoms with van der Waals surface area (Å²) in [6.07, 6.45) is 3.28. The zero-order chi connectivity index (χ0) is 14.6. The lowest BCUT2D eigenvalue weighted by molar-refractivity contribution is -0.00331. The smallest absolute Gasteiger partial charge is 0.317 e. The Bertz CT molecular complexity index is 322. The van der Waals surface area contributed by atoms with Crippen molar-refractivity contribution in [3.63, 3.8) is 0 Å². The van der Waals surface area contributed by atoms with Crippen molar-refractivity contribution in [2.24, 2.45) is 5.41 Å². The minimum atomic E-state index is 0.0680. The number of piperidine rings is 1. The number of carbonyl (C=O) groups is 1. The molecule has 0 saturated carbocycles. The molecule has 116 valence electrons. The highest BCUT2D eigenvalue weighted by atomic mass is 16.5. The van der Waals surface area contributed by atoms with Gasteiger partial charge in [0.1, 0.15) is 0 Å². The van der Waals surface area contributed by atoms with Crippen molar-refractivity contribution in [1.82, 2.24) is 15.5 Å². The minimum absolute atomic E-state index is 0.0680. The van der Waals surface area contributed by atoms with Crippen LogP contribution in [0.15, 0.2) is 0 Å². The molecule has 2 N–H and O–H groups in total. The van der Waals surface area contributed by atoms with Crippen molar-refractivity contribution in [3.05, 3.63) is 0 Å². The summed E-state index contributed by atoms with van der Waals surface area (Å²) in [5, 5.41) is 6.70. The third-order valence-corrected chi connectivity index (χ3v) is 4.68. The molecule has 1 atom stereocenters. The van der Waals surface area contributed by atoms with E-state index in [2.05, 4.69) is 24.5 Å². The summed E-state index contributed by atoms with van der Waals surface area (Å²) in [5.74, 6) is 0. The molecule has 1 unspecified atom stereocenters. The fourth-order valence-corrected chi connectivity index (χ4v) is 3.47. The van der Waals surface area contributed by atoms with Gasteiger partial charge in [-0.2, -0.15) is 0 Å². The first-order valence-corrected chi connectivity index (χ1v) is 7.92. The van der Waals surface area contributed by atoms with Crippen molar-refractivity contribution in [3.8, 4) is 0 Å². The van der Waals surface area contributed by atoms with Gasteiger partial charge in [0.05, 0.1) is 0 Å². The maximum Gasteiger partial charge on any atom is 0.317 e. The molecule has 0 radical (unpaired) electrons. The van der Waals surface area contributed by atoms with E-state index in [9.17, 15) is 4.79 Å². The molecule has 2 aliphatic rings. The Balaban J connectivity index is 1.90. The number of carbonyl (C=O) groups excluding carboxylic acids is 1. The van der Waals surface area contributed by atoms with Gasteiger partial charge in [-0.1, -0.05) is 0 Å². The molecule has 1 spiro atoms. The van der Waals surface area contributed by atoms with Gasteiger partial charge in [0.15, 0.2) is 0 Å². The number of urea groups is 1. The zero-order valence-corrected chi connectivity index (χ0v) is 13.1. The van der Waals surface area contributed by atoms with Crippen LogP contribution in [0, 0.1) is 5.41 Å². The predicted octanol–water partition coefficient (Wildman–Crippen LogP) is 1.58. The van der Waals surface area contributed by atoms with Gasteiger partial charge < -0.3 is 20.3 Å². The van der Waals surface area contributed by atoms with Crippen LogP contribution in [0.3, 0.4) is 0 Å². The van der Waals surface area contributed by atoms with E-state index in [0.717, 1.165) is 52.1 Å². The number of hydrogen-bond donors (Lipinski definition) is 2. The average Bonchev–Trinajstić information content (AvgIpc) is 2.40. The Kier molecular flexibility index (Phi) is 5.27. The summed E-state index contributed by atoms with van der Waals surface area (Å²) < 4.78 is 5.48. The summed E-state index contributed by atoms with van der Waals surface area (Å²) in [6.45, 7) is 10.5. The molecular weight excluding hydrogens is 254 g/mol. The van der Waals surface area contributed by atoms with Crippen LogP contribution in [-0.2, 0) is 4.74 Å². The SMILES string of the molecule is CCN(C(=O)NC1CNCC2(CCOCC2)C1)C(C)C. The Morgan fingerprint density at radius 3 is 2.75 bits per heavy atom. The normalized spacial score (nSPS) is 25.7. The standard InChI is InChI=1S/C15H29N3O2/c1-4-18(12(2)3)14(19)17-13-9-15(11-16-10-13)5-7-20-8-6-15/h12-13,16H,4-11H2,1-3H3,(H,17,19). The van der Waals surface area contributed by atoms with E-state index < -0.39 is 0 Å². The molecule has 0 aromatic heterocycles. The monoisotopic (exact) mass is 283 g/mol. The van der Waals surface area contributed by atoms with Crippen LogP contribution in [0.4, 0.5) is 4.79 Å². The Labute approximate surface area is 122 Å². The van der Waals surface area contributed by atoms with Crippen molar-refractivity contribution in [2.75, 3.05) is 32.8 Å². The van der Waals surface area contributed by atoms with Crippen molar-refractivity contribution in [1.29, 1.82) is 0 Å². The van der Waals surface area contributed by atoms with Crippen molar-refractivity contribution in [2.45, 2.75) is 52.1 Å². The van der Waals surface area contributed by atoms with Crippen LogP contribution in [0.1, 0.15) is 40.0 Å². The minimum Gasteiger partial charge on any atom is -0.381 e. The number of ether oxygens (including phenoxy) is 1. The highest BCUT2D eigenvalue weighted by molar-refractivity contribution is 5.74. The lowest BCUT2D eigenvalue weighted by Gasteiger charge is -2.44. The summed E-state index contributed by atoms with van der Waals surface area (Å²) in [7, 11) is 0. The highest BCUT2D eigenvalue weighted by Crippen LogP contribution is 2.36. The Morgan fingerprint density at radius 1 is 1.45 bits per heavy atom. The third kappa shape index (κ3) is 3.64. The molecule has 2 saturated heterocycles. The van der Waals surface area contributed by atoms with Gasteiger partial charge in [0, 0.05) is 44.9 Å². The fourth-order valence-electron chi connectivity index (χ4n) is 3.47. The van der Waals surface area contributed by atoms with Crippen LogP contribution in [-0.4, -0.2) is 55.9 Å². The highest BCUT2D eigenvalue weighted by Gasteiger charge is 2.38. The van der Waals surface area contributed by atoms with Crippen molar-refractivity contribution < 1.29 is 9.53 Å². The molecule has 0 aromatic rings. The average molecular weight is 283 g/mol. The van der Waals surface area contributed by atoms with E-state index in [4.69, 9.17) is 4.74 Å². The van der Waals surface area contributed by atoms with Gasteiger partial charge in [0.2, 0.25) is 0 Å². The summed E-state index contributed by atoms with van der Waals surface area (Å²) >= 11 is 0. The molecule has 2 aliphatic heterocycles. The number of hydrogen-bond acceptors (Lipinski definition) is 3. The van der Waals surface area contributed by atoms with E-state index in [-0.39, 0.29) is 18.1 Å². The second-order valence-electron chi connectivity index (χ2n) is 6.47. The van der Waals surface area contributed by atoms with Crippen LogP contribution in [0.5, 0.6) is 0 Å². The topological polar surface area (TPSA) is 53.6 Å². The van der Waals surface area contributed by atoms with E-state index >= 15 is 0 Å². The first kappa shape index (κ1) is 15.6. The molecule has 5 heteroatoms. The quantitative estimate of drug-likeness (QED) is 0.827. The van der Waals surface area contributed by atoms with E-state index in [1.807, 2.05) is 11.8 Å². The van der Waals surface area contributed by atoms with Gasteiger partial charge >= 0.3 is 6.03 Å². The molecule has 20 heavy (non-hydrogen) atoms. The number of amides is 2. The predicted molar refractivity (Wildman–Crippen MR) is 79.8 cm³/mol. The van der Waals surface area contributed by atoms with Crippen LogP contribution >= 0.6 is 0 Å². The van der Waals surface area contributed by atoms with E-state index in [0.29, 0.717) is 5.41 Å². The van der Waals surface area contributed by atoms with Gasteiger partial charge in [0.25, 0.3) is 0 Å².